The molecule has 0 bridgehead atoms. The Bertz CT molecular complexity index is 1090. The summed E-state index contributed by atoms with van der Waals surface area (Å²) in [6, 6.07) is 13.3. The number of carbonyl (C=O) groups is 2. The van der Waals surface area contributed by atoms with Crippen molar-refractivity contribution in [1.29, 1.82) is 0 Å². The molecule has 1 atom stereocenters. The number of amides is 2. The molecule has 0 aliphatic rings. The van der Waals surface area contributed by atoms with Crippen LogP contribution < -0.4 is 9.62 Å². The van der Waals surface area contributed by atoms with Gasteiger partial charge in [0.05, 0.1) is 11.9 Å². The van der Waals surface area contributed by atoms with E-state index in [1.165, 1.54) is 4.90 Å². The molecule has 0 radical (unpaired) electrons. The highest BCUT2D eigenvalue weighted by atomic mass is 35.5. The summed E-state index contributed by atoms with van der Waals surface area (Å²) in [7, 11) is -3.76. The molecule has 34 heavy (non-hydrogen) atoms. The van der Waals surface area contributed by atoms with E-state index in [1.807, 2.05) is 32.9 Å². The van der Waals surface area contributed by atoms with Gasteiger partial charge in [-0.1, -0.05) is 62.7 Å². The van der Waals surface area contributed by atoms with Gasteiger partial charge in [0, 0.05) is 18.1 Å². The van der Waals surface area contributed by atoms with E-state index in [2.05, 4.69) is 5.32 Å². The summed E-state index contributed by atoms with van der Waals surface area (Å²) in [5, 5.41) is 3.31. The van der Waals surface area contributed by atoms with Crippen molar-refractivity contribution in [2.45, 2.75) is 46.7 Å². The van der Waals surface area contributed by atoms with Crippen molar-refractivity contribution >= 4 is 39.1 Å². The standard InChI is InChI=1S/C25H34ClN3O4S/c1-6-20-11-13-22(14-12-20)29(34(5,32)33)17-24(30)28(16-21-9-7-8-10-23(21)26)19(4)25(31)27-15-18(2)3/h7-14,18-19H,6,15-17H2,1-5H3,(H,27,31)/t19-/m0/s1. The van der Waals surface area contributed by atoms with E-state index in [0.29, 0.717) is 22.8 Å². The third-order valence-corrected chi connectivity index (χ3v) is 6.97. The molecule has 7 nitrogen and oxygen atoms in total. The fourth-order valence-corrected chi connectivity index (χ4v) is 4.40. The Hall–Kier alpha value is -2.58. The quantitative estimate of drug-likeness (QED) is 0.500. The minimum atomic E-state index is -3.76. The fraction of sp³-hybridized carbons (Fsp3) is 0.440. The normalized spacial score (nSPS) is 12.3. The molecule has 0 saturated carbocycles. The van der Waals surface area contributed by atoms with Crippen molar-refractivity contribution in [2.24, 2.45) is 5.92 Å². The molecule has 2 aromatic rings. The van der Waals surface area contributed by atoms with E-state index >= 15 is 0 Å². The van der Waals surface area contributed by atoms with Gasteiger partial charge in [-0.25, -0.2) is 8.42 Å². The van der Waals surface area contributed by atoms with Crippen LogP contribution >= 0.6 is 11.6 Å². The molecule has 0 aliphatic heterocycles. The van der Waals surface area contributed by atoms with E-state index in [1.54, 1.807) is 43.3 Å². The smallest absolute Gasteiger partial charge is 0.244 e. The van der Waals surface area contributed by atoms with E-state index in [4.69, 9.17) is 11.6 Å². The number of aryl methyl sites for hydroxylation is 1. The average Bonchev–Trinajstić information content (AvgIpc) is 2.79. The van der Waals surface area contributed by atoms with Crippen molar-refractivity contribution in [2.75, 3.05) is 23.7 Å². The van der Waals surface area contributed by atoms with Crippen LogP contribution in [0.4, 0.5) is 5.69 Å². The van der Waals surface area contributed by atoms with E-state index < -0.39 is 28.5 Å². The van der Waals surface area contributed by atoms with Crippen LogP contribution in [-0.2, 0) is 32.6 Å². The van der Waals surface area contributed by atoms with Crippen molar-refractivity contribution in [3.05, 3.63) is 64.7 Å². The molecule has 0 unspecified atom stereocenters. The monoisotopic (exact) mass is 507 g/mol. The third kappa shape index (κ3) is 7.74. The topological polar surface area (TPSA) is 86.8 Å². The van der Waals surface area contributed by atoms with Gasteiger partial charge in [-0.15, -0.1) is 0 Å². The molecule has 0 heterocycles. The second-order valence-corrected chi connectivity index (χ2v) is 11.0. The molecule has 1 N–H and O–H groups in total. The van der Waals surface area contributed by atoms with Crippen molar-refractivity contribution < 1.29 is 18.0 Å². The highest BCUT2D eigenvalue weighted by molar-refractivity contribution is 7.92. The molecule has 0 fully saturated rings. The zero-order valence-corrected chi connectivity index (χ0v) is 22.0. The van der Waals surface area contributed by atoms with Crippen LogP contribution in [0.2, 0.25) is 5.02 Å². The molecule has 0 aromatic heterocycles. The molecule has 0 aliphatic carbocycles. The Kier molecular flexibility index (Phi) is 9.94. The number of nitrogens with zero attached hydrogens (tertiary/aromatic N) is 2. The summed E-state index contributed by atoms with van der Waals surface area (Å²) in [5.74, 6) is -0.569. The Morgan fingerprint density at radius 2 is 1.65 bits per heavy atom. The zero-order valence-electron chi connectivity index (χ0n) is 20.4. The molecule has 9 heteroatoms. The first-order valence-corrected chi connectivity index (χ1v) is 13.5. The van der Waals surface area contributed by atoms with Crippen LogP contribution in [0.3, 0.4) is 0 Å². The molecule has 0 spiro atoms. The average molecular weight is 508 g/mol. The number of hydrogen-bond acceptors (Lipinski definition) is 4. The number of rotatable bonds is 11. The number of sulfonamides is 1. The van der Waals surface area contributed by atoms with Crippen LogP contribution in [-0.4, -0.2) is 50.5 Å². The lowest BCUT2D eigenvalue weighted by Crippen LogP contribution is -2.51. The van der Waals surface area contributed by atoms with Gasteiger partial charge in [0.25, 0.3) is 0 Å². The van der Waals surface area contributed by atoms with Crippen molar-refractivity contribution in [3.8, 4) is 0 Å². The number of halogens is 1. The maximum absolute atomic E-state index is 13.5. The van der Waals surface area contributed by atoms with Gasteiger partial charge in [-0.2, -0.15) is 0 Å². The number of nitrogens with one attached hydrogen (secondary N) is 1. The van der Waals surface area contributed by atoms with Gasteiger partial charge >= 0.3 is 0 Å². The van der Waals surface area contributed by atoms with Gasteiger partial charge < -0.3 is 10.2 Å². The predicted molar refractivity (Wildman–Crippen MR) is 137 cm³/mol. The maximum Gasteiger partial charge on any atom is 0.244 e. The van der Waals surface area contributed by atoms with Crippen molar-refractivity contribution in [3.63, 3.8) is 0 Å². The fourth-order valence-electron chi connectivity index (χ4n) is 3.36. The highest BCUT2D eigenvalue weighted by Gasteiger charge is 2.30. The minimum Gasteiger partial charge on any atom is -0.354 e. The first kappa shape index (κ1) is 27.7. The van der Waals surface area contributed by atoms with Crippen LogP contribution in [0.1, 0.15) is 38.8 Å². The number of anilines is 1. The van der Waals surface area contributed by atoms with Gasteiger partial charge in [0.1, 0.15) is 12.6 Å². The van der Waals surface area contributed by atoms with Gasteiger partial charge in [-0.3, -0.25) is 13.9 Å². The predicted octanol–water partition coefficient (Wildman–Crippen LogP) is 3.86. The lowest BCUT2D eigenvalue weighted by Gasteiger charge is -2.32. The van der Waals surface area contributed by atoms with E-state index in [-0.39, 0.29) is 18.4 Å². The summed E-state index contributed by atoms with van der Waals surface area (Å²) < 4.78 is 26.2. The number of hydrogen-bond donors (Lipinski definition) is 1. The van der Waals surface area contributed by atoms with Gasteiger partial charge in [0.2, 0.25) is 21.8 Å². The second kappa shape index (κ2) is 12.2. The largest absolute Gasteiger partial charge is 0.354 e. The number of carbonyl (C=O) groups excluding carboxylic acids is 2. The Balaban J connectivity index is 2.37. The van der Waals surface area contributed by atoms with Crippen LogP contribution in [0, 0.1) is 5.92 Å². The van der Waals surface area contributed by atoms with Crippen molar-refractivity contribution in [1.82, 2.24) is 10.2 Å². The maximum atomic E-state index is 13.5. The first-order valence-electron chi connectivity index (χ1n) is 11.3. The Labute approximate surface area is 208 Å². The molecule has 2 amide bonds. The zero-order chi connectivity index (χ0) is 25.5. The van der Waals surface area contributed by atoms with Gasteiger partial charge in [-0.05, 0) is 48.6 Å². The van der Waals surface area contributed by atoms with Crippen LogP contribution in [0.15, 0.2) is 48.5 Å². The van der Waals surface area contributed by atoms with Crippen LogP contribution in [0.25, 0.3) is 0 Å². The summed E-state index contributed by atoms with van der Waals surface area (Å²) in [6.45, 7) is 7.70. The lowest BCUT2D eigenvalue weighted by atomic mass is 10.1. The van der Waals surface area contributed by atoms with Crippen LogP contribution in [0.5, 0.6) is 0 Å². The third-order valence-electron chi connectivity index (χ3n) is 5.46. The summed E-state index contributed by atoms with van der Waals surface area (Å²) in [4.78, 5) is 27.7. The molecular weight excluding hydrogens is 474 g/mol. The summed E-state index contributed by atoms with van der Waals surface area (Å²) in [5.41, 5.74) is 2.11. The first-order chi connectivity index (χ1) is 15.9. The van der Waals surface area contributed by atoms with Gasteiger partial charge in [0.15, 0.2) is 0 Å². The highest BCUT2D eigenvalue weighted by Crippen LogP contribution is 2.22. The molecule has 2 aromatic carbocycles. The SMILES string of the molecule is CCc1ccc(N(CC(=O)N(Cc2ccccc2Cl)[C@@H](C)C(=O)NCC(C)C)S(C)(=O)=O)cc1. The summed E-state index contributed by atoms with van der Waals surface area (Å²) in [6.07, 6.45) is 1.87. The summed E-state index contributed by atoms with van der Waals surface area (Å²) >= 11 is 6.32. The Morgan fingerprint density at radius 1 is 1.03 bits per heavy atom. The van der Waals surface area contributed by atoms with E-state index in [9.17, 15) is 18.0 Å². The molecule has 2 rings (SSSR count). The van der Waals surface area contributed by atoms with E-state index in [0.717, 1.165) is 22.5 Å². The lowest BCUT2D eigenvalue weighted by molar-refractivity contribution is -0.139. The number of benzene rings is 2. The molecular formula is C25H34ClN3O4S. The molecule has 0 saturated heterocycles. The molecule has 186 valence electrons. The minimum absolute atomic E-state index is 0.0706. The Morgan fingerprint density at radius 3 is 2.18 bits per heavy atom. The second-order valence-electron chi connectivity index (χ2n) is 8.72.